The minimum atomic E-state index is -0.714. The number of benzene rings is 2. The number of nitrogens with zero attached hydrogens (tertiary/aromatic N) is 2. The number of nitriles is 1. The van der Waals surface area contributed by atoms with Crippen LogP contribution < -0.4 is 0 Å². The third kappa shape index (κ3) is 2.23. The lowest BCUT2D eigenvalue weighted by molar-refractivity contribution is -0.134. The number of carbonyl (C=O) groups excluding carboxylic acids is 2. The van der Waals surface area contributed by atoms with Gasteiger partial charge in [0.05, 0.1) is 29.2 Å². The average molecular weight is 358 g/mol. The molecule has 0 radical (unpaired) electrons. The summed E-state index contributed by atoms with van der Waals surface area (Å²) in [5.74, 6) is -0.224. The molecule has 5 nitrogen and oxygen atoms in total. The van der Waals surface area contributed by atoms with Crippen LogP contribution in [0.3, 0.4) is 0 Å². The van der Waals surface area contributed by atoms with E-state index in [1.807, 2.05) is 41.3 Å². The molecule has 5 rings (SSSR count). The van der Waals surface area contributed by atoms with Crippen LogP contribution in [-0.4, -0.2) is 29.9 Å². The summed E-state index contributed by atoms with van der Waals surface area (Å²) in [5.41, 5.74) is 1.74. The maximum absolute atomic E-state index is 13.4. The number of rotatable bonds is 2. The largest absolute Gasteiger partial charge is 0.449 e. The minimum absolute atomic E-state index is 0.0786. The summed E-state index contributed by atoms with van der Waals surface area (Å²) in [6, 6.07) is 16.9. The predicted molar refractivity (Wildman–Crippen MR) is 96.8 cm³/mol. The topological polar surface area (TPSA) is 70.4 Å². The first-order chi connectivity index (χ1) is 13.1. The van der Waals surface area contributed by atoms with Gasteiger partial charge in [-0.05, 0) is 36.6 Å². The van der Waals surface area contributed by atoms with E-state index in [-0.39, 0.29) is 11.9 Å². The molecule has 3 aliphatic rings. The zero-order valence-corrected chi connectivity index (χ0v) is 14.8. The molecular formula is C22H18N2O3. The quantitative estimate of drug-likeness (QED) is 0.774. The first-order valence-electron chi connectivity index (χ1n) is 9.21. The molecule has 1 saturated carbocycles. The van der Waals surface area contributed by atoms with Crippen LogP contribution in [0.25, 0.3) is 0 Å². The van der Waals surface area contributed by atoms with E-state index in [0.717, 1.165) is 24.0 Å². The van der Waals surface area contributed by atoms with Crippen LogP contribution >= 0.6 is 0 Å². The molecule has 1 saturated heterocycles. The Morgan fingerprint density at radius 1 is 1.11 bits per heavy atom. The SMILES string of the molecule is N#Cc1cccc(C2(C(=O)N3CC[C@@]4(C3)OC(=O)c3ccccc34)CC2)c1. The van der Waals surface area contributed by atoms with Gasteiger partial charge in [0.25, 0.3) is 0 Å². The molecule has 2 aliphatic heterocycles. The molecule has 0 bridgehead atoms. The van der Waals surface area contributed by atoms with E-state index in [1.165, 1.54) is 0 Å². The van der Waals surface area contributed by atoms with Crippen LogP contribution in [0.5, 0.6) is 0 Å². The van der Waals surface area contributed by atoms with E-state index in [1.54, 1.807) is 12.1 Å². The van der Waals surface area contributed by atoms with Crippen molar-refractivity contribution in [1.82, 2.24) is 4.90 Å². The van der Waals surface area contributed by atoms with Crippen molar-refractivity contribution >= 4 is 11.9 Å². The number of hydrogen-bond acceptors (Lipinski definition) is 4. The normalized spacial score (nSPS) is 24.4. The van der Waals surface area contributed by atoms with Gasteiger partial charge in [-0.25, -0.2) is 4.79 Å². The second-order valence-corrected chi connectivity index (χ2v) is 7.68. The molecule has 5 heteroatoms. The summed E-state index contributed by atoms with van der Waals surface area (Å²) < 4.78 is 5.76. The van der Waals surface area contributed by atoms with Crippen LogP contribution in [0.15, 0.2) is 48.5 Å². The Bertz CT molecular complexity index is 1020. The summed E-state index contributed by atoms with van der Waals surface area (Å²) in [6.07, 6.45) is 2.21. The van der Waals surface area contributed by atoms with Gasteiger partial charge in [0, 0.05) is 18.5 Å². The van der Waals surface area contributed by atoms with E-state index in [4.69, 9.17) is 10.00 Å². The van der Waals surface area contributed by atoms with Gasteiger partial charge >= 0.3 is 5.97 Å². The molecule has 0 unspecified atom stereocenters. The molecular weight excluding hydrogens is 340 g/mol. The zero-order valence-electron chi connectivity index (χ0n) is 14.8. The van der Waals surface area contributed by atoms with Gasteiger partial charge in [-0.1, -0.05) is 30.3 Å². The highest BCUT2D eigenvalue weighted by molar-refractivity contribution is 5.96. The molecule has 1 spiro atoms. The Balaban J connectivity index is 1.44. The van der Waals surface area contributed by atoms with Gasteiger partial charge in [-0.2, -0.15) is 5.26 Å². The summed E-state index contributed by atoms with van der Waals surface area (Å²) in [5, 5.41) is 9.16. The molecule has 1 aliphatic carbocycles. The smallest absolute Gasteiger partial charge is 0.339 e. The first-order valence-corrected chi connectivity index (χ1v) is 9.21. The summed E-state index contributed by atoms with van der Waals surface area (Å²) >= 11 is 0. The van der Waals surface area contributed by atoms with Crippen molar-refractivity contribution < 1.29 is 14.3 Å². The van der Waals surface area contributed by atoms with Crippen molar-refractivity contribution in [2.24, 2.45) is 0 Å². The van der Waals surface area contributed by atoms with Crippen molar-refractivity contribution in [1.29, 1.82) is 5.26 Å². The monoisotopic (exact) mass is 358 g/mol. The third-order valence-corrected chi connectivity index (χ3v) is 6.15. The van der Waals surface area contributed by atoms with Gasteiger partial charge in [-0.3, -0.25) is 4.79 Å². The fourth-order valence-electron chi connectivity index (χ4n) is 4.54. The Morgan fingerprint density at radius 2 is 1.93 bits per heavy atom. The summed E-state index contributed by atoms with van der Waals surface area (Å²) in [7, 11) is 0. The predicted octanol–water partition coefficient (Wildman–Crippen LogP) is 2.89. The maximum Gasteiger partial charge on any atom is 0.339 e. The Hall–Kier alpha value is -3.13. The molecule has 27 heavy (non-hydrogen) atoms. The number of ether oxygens (including phenoxy) is 1. The molecule has 1 atom stereocenters. The highest BCUT2D eigenvalue weighted by Crippen LogP contribution is 2.52. The second kappa shape index (κ2) is 5.43. The third-order valence-electron chi connectivity index (χ3n) is 6.15. The van der Waals surface area contributed by atoms with Crippen LogP contribution in [-0.2, 0) is 20.5 Å². The Kier molecular flexibility index (Phi) is 3.23. The number of hydrogen-bond donors (Lipinski definition) is 0. The van der Waals surface area contributed by atoms with Crippen LogP contribution in [0.4, 0.5) is 0 Å². The van der Waals surface area contributed by atoms with E-state index < -0.39 is 11.0 Å². The fourth-order valence-corrected chi connectivity index (χ4v) is 4.54. The summed E-state index contributed by atoms with van der Waals surface area (Å²) in [6.45, 7) is 0.967. The number of likely N-dealkylation sites (tertiary alicyclic amines) is 1. The van der Waals surface area contributed by atoms with E-state index >= 15 is 0 Å². The molecule has 2 fully saturated rings. The summed E-state index contributed by atoms with van der Waals surface area (Å²) in [4.78, 5) is 27.4. The molecule has 134 valence electrons. The van der Waals surface area contributed by atoms with Crippen molar-refractivity contribution in [3.8, 4) is 6.07 Å². The van der Waals surface area contributed by atoms with Crippen molar-refractivity contribution in [2.45, 2.75) is 30.3 Å². The lowest BCUT2D eigenvalue weighted by Crippen LogP contribution is -2.40. The average Bonchev–Trinajstić information content (AvgIpc) is 3.34. The number of carbonyl (C=O) groups is 2. The first kappa shape index (κ1) is 16.1. The molecule has 2 aromatic rings. The van der Waals surface area contributed by atoms with Gasteiger partial charge in [0.2, 0.25) is 5.91 Å². The molecule has 0 aromatic heterocycles. The maximum atomic E-state index is 13.4. The Labute approximate surface area is 157 Å². The Morgan fingerprint density at radius 3 is 2.70 bits per heavy atom. The van der Waals surface area contributed by atoms with E-state index in [2.05, 4.69) is 6.07 Å². The lowest BCUT2D eigenvalue weighted by atomic mass is 9.91. The number of esters is 1. The highest BCUT2D eigenvalue weighted by atomic mass is 16.6. The van der Waals surface area contributed by atoms with Crippen molar-refractivity contribution in [2.75, 3.05) is 13.1 Å². The molecule has 2 heterocycles. The van der Waals surface area contributed by atoms with Gasteiger partial charge in [-0.15, -0.1) is 0 Å². The molecule has 0 N–H and O–H groups in total. The molecule has 1 amide bonds. The molecule has 2 aromatic carbocycles. The van der Waals surface area contributed by atoms with Crippen molar-refractivity contribution in [3.05, 3.63) is 70.8 Å². The fraction of sp³-hybridized carbons (Fsp3) is 0.318. The number of fused-ring (bicyclic) bond motifs is 2. The van der Waals surface area contributed by atoms with Crippen LogP contribution in [0.1, 0.15) is 46.3 Å². The van der Waals surface area contributed by atoms with Crippen LogP contribution in [0.2, 0.25) is 0 Å². The standard InChI is InChI=1S/C22H18N2O3/c23-13-15-4-3-5-16(12-15)21(8-9-21)20(26)24-11-10-22(14-24)18-7-2-1-6-17(18)19(25)27-22/h1-7,12H,8-11,14H2/t22-/m0/s1. The van der Waals surface area contributed by atoms with Crippen molar-refractivity contribution in [3.63, 3.8) is 0 Å². The minimum Gasteiger partial charge on any atom is -0.449 e. The highest BCUT2D eigenvalue weighted by Gasteiger charge is 2.57. The lowest BCUT2D eigenvalue weighted by Gasteiger charge is -2.27. The second-order valence-electron chi connectivity index (χ2n) is 7.68. The van der Waals surface area contributed by atoms with E-state index in [9.17, 15) is 9.59 Å². The zero-order chi connectivity index (χ0) is 18.6. The number of amides is 1. The van der Waals surface area contributed by atoms with Crippen LogP contribution in [0, 0.1) is 11.3 Å². The van der Waals surface area contributed by atoms with Gasteiger partial charge in [0.1, 0.15) is 0 Å². The van der Waals surface area contributed by atoms with Gasteiger partial charge < -0.3 is 9.64 Å². The van der Waals surface area contributed by atoms with E-state index in [0.29, 0.717) is 30.6 Å². The van der Waals surface area contributed by atoms with Gasteiger partial charge in [0.15, 0.2) is 5.60 Å².